The van der Waals surface area contributed by atoms with Crippen LogP contribution in [0, 0.1) is 0 Å². The molecule has 0 amide bonds. The van der Waals surface area contributed by atoms with Gasteiger partial charge < -0.3 is 0 Å². The molecule has 0 bridgehead atoms. The lowest BCUT2D eigenvalue weighted by atomic mass is 10.0. The molecular formula is C13H24. The van der Waals surface area contributed by atoms with Crippen molar-refractivity contribution in [1.82, 2.24) is 0 Å². The SMILES string of the molecule is C=CC=C(CCCC)CCCCC. The Morgan fingerprint density at radius 2 is 1.62 bits per heavy atom. The number of unbranched alkanes of at least 4 members (excludes halogenated alkanes) is 3. The van der Waals surface area contributed by atoms with Crippen LogP contribution in [0.3, 0.4) is 0 Å². The quantitative estimate of drug-likeness (QED) is 0.369. The fraction of sp³-hybridized carbons (Fsp3) is 0.692. The van der Waals surface area contributed by atoms with Crippen LogP contribution >= 0.6 is 0 Å². The first kappa shape index (κ1) is 12.5. The Morgan fingerprint density at radius 1 is 1.00 bits per heavy atom. The van der Waals surface area contributed by atoms with Crippen molar-refractivity contribution in [3.8, 4) is 0 Å². The van der Waals surface area contributed by atoms with Crippen LogP contribution < -0.4 is 0 Å². The Kier molecular flexibility index (Phi) is 9.18. The van der Waals surface area contributed by atoms with E-state index in [1.807, 2.05) is 6.08 Å². The molecule has 0 spiro atoms. The van der Waals surface area contributed by atoms with Crippen LogP contribution in [-0.2, 0) is 0 Å². The highest BCUT2D eigenvalue weighted by atomic mass is 14.0. The molecule has 0 heterocycles. The van der Waals surface area contributed by atoms with Crippen molar-refractivity contribution in [2.24, 2.45) is 0 Å². The second kappa shape index (κ2) is 9.57. The number of hydrogen-bond donors (Lipinski definition) is 0. The topological polar surface area (TPSA) is 0 Å². The Bertz CT molecular complexity index is 142. The standard InChI is InChI=1S/C13H24/c1-4-7-9-12-13(10-6-3)11-8-5-2/h6,10H,3-5,7-9,11-12H2,1-2H3. The van der Waals surface area contributed by atoms with Gasteiger partial charge in [0.1, 0.15) is 0 Å². The van der Waals surface area contributed by atoms with Gasteiger partial charge in [0.25, 0.3) is 0 Å². The number of rotatable bonds is 8. The average Bonchev–Trinajstić information content (AvgIpc) is 2.14. The summed E-state index contributed by atoms with van der Waals surface area (Å²) in [4.78, 5) is 0. The largest absolute Gasteiger partial charge is 0.0991 e. The predicted octanol–water partition coefficient (Wildman–Crippen LogP) is 4.87. The molecule has 0 unspecified atom stereocenters. The fourth-order valence-electron chi connectivity index (χ4n) is 1.46. The maximum absolute atomic E-state index is 3.76. The molecule has 0 atom stereocenters. The van der Waals surface area contributed by atoms with Crippen molar-refractivity contribution in [3.63, 3.8) is 0 Å². The molecule has 76 valence electrons. The Morgan fingerprint density at radius 3 is 2.15 bits per heavy atom. The molecule has 0 fully saturated rings. The molecule has 0 saturated carbocycles. The lowest BCUT2D eigenvalue weighted by Gasteiger charge is -2.05. The van der Waals surface area contributed by atoms with Crippen LogP contribution in [0.5, 0.6) is 0 Å². The molecule has 0 aliphatic rings. The van der Waals surface area contributed by atoms with E-state index in [0.717, 1.165) is 0 Å². The first-order chi connectivity index (χ1) is 6.35. The van der Waals surface area contributed by atoms with Crippen molar-refractivity contribution in [2.75, 3.05) is 0 Å². The van der Waals surface area contributed by atoms with E-state index in [4.69, 9.17) is 0 Å². The lowest BCUT2D eigenvalue weighted by molar-refractivity contribution is 0.678. The molecule has 0 aliphatic carbocycles. The van der Waals surface area contributed by atoms with Gasteiger partial charge >= 0.3 is 0 Å². The minimum Gasteiger partial charge on any atom is -0.0991 e. The highest BCUT2D eigenvalue weighted by Crippen LogP contribution is 2.15. The molecule has 0 saturated heterocycles. The summed E-state index contributed by atoms with van der Waals surface area (Å²) in [6, 6.07) is 0. The molecule has 0 nitrogen and oxygen atoms in total. The van der Waals surface area contributed by atoms with Gasteiger partial charge in [-0.25, -0.2) is 0 Å². The maximum Gasteiger partial charge on any atom is -0.0317 e. The zero-order valence-electron chi connectivity index (χ0n) is 9.31. The number of hydrogen-bond acceptors (Lipinski definition) is 0. The zero-order chi connectivity index (χ0) is 9.94. The van der Waals surface area contributed by atoms with Crippen LogP contribution in [0.2, 0.25) is 0 Å². The molecule has 0 aromatic heterocycles. The molecule has 0 rings (SSSR count). The summed E-state index contributed by atoms with van der Waals surface area (Å²) in [5.41, 5.74) is 1.59. The summed E-state index contributed by atoms with van der Waals surface area (Å²) in [5, 5.41) is 0. The summed E-state index contributed by atoms with van der Waals surface area (Å²) in [7, 11) is 0. The second-order valence-corrected chi connectivity index (χ2v) is 3.62. The van der Waals surface area contributed by atoms with E-state index in [1.165, 1.54) is 44.9 Å². The highest BCUT2D eigenvalue weighted by Gasteiger charge is 1.95. The molecule has 0 aromatic carbocycles. The van der Waals surface area contributed by atoms with Crippen molar-refractivity contribution >= 4 is 0 Å². The summed E-state index contributed by atoms with van der Waals surface area (Å²) < 4.78 is 0. The summed E-state index contributed by atoms with van der Waals surface area (Å²) in [6.07, 6.45) is 13.3. The van der Waals surface area contributed by atoms with Gasteiger partial charge in [-0.15, -0.1) is 0 Å². The van der Waals surface area contributed by atoms with Crippen LogP contribution in [0.4, 0.5) is 0 Å². The van der Waals surface area contributed by atoms with E-state index in [2.05, 4.69) is 26.5 Å². The zero-order valence-corrected chi connectivity index (χ0v) is 9.31. The molecule has 0 aromatic rings. The van der Waals surface area contributed by atoms with Gasteiger partial charge in [-0.05, 0) is 25.7 Å². The van der Waals surface area contributed by atoms with Crippen LogP contribution in [0.1, 0.15) is 58.8 Å². The van der Waals surface area contributed by atoms with Crippen molar-refractivity contribution in [3.05, 3.63) is 24.3 Å². The predicted molar refractivity (Wildman–Crippen MR) is 61.9 cm³/mol. The fourth-order valence-corrected chi connectivity index (χ4v) is 1.46. The minimum atomic E-state index is 1.27. The summed E-state index contributed by atoms with van der Waals surface area (Å²) >= 11 is 0. The summed E-state index contributed by atoms with van der Waals surface area (Å²) in [5.74, 6) is 0. The molecule has 13 heavy (non-hydrogen) atoms. The molecule has 0 N–H and O–H groups in total. The first-order valence-electron chi connectivity index (χ1n) is 5.65. The molecule has 0 heteroatoms. The Labute approximate surface area is 83.7 Å². The van der Waals surface area contributed by atoms with E-state index in [-0.39, 0.29) is 0 Å². The van der Waals surface area contributed by atoms with Crippen LogP contribution in [-0.4, -0.2) is 0 Å². The molecular weight excluding hydrogens is 156 g/mol. The van der Waals surface area contributed by atoms with Crippen molar-refractivity contribution < 1.29 is 0 Å². The van der Waals surface area contributed by atoms with Gasteiger partial charge in [0.2, 0.25) is 0 Å². The van der Waals surface area contributed by atoms with E-state index in [0.29, 0.717) is 0 Å². The van der Waals surface area contributed by atoms with E-state index < -0.39 is 0 Å². The van der Waals surface area contributed by atoms with Crippen molar-refractivity contribution in [2.45, 2.75) is 58.8 Å². The minimum absolute atomic E-state index is 1.27. The summed E-state index contributed by atoms with van der Waals surface area (Å²) in [6.45, 7) is 8.26. The molecule has 0 aliphatic heterocycles. The van der Waals surface area contributed by atoms with E-state index in [1.54, 1.807) is 5.57 Å². The Hall–Kier alpha value is -0.520. The van der Waals surface area contributed by atoms with Gasteiger partial charge in [-0.2, -0.15) is 0 Å². The first-order valence-corrected chi connectivity index (χ1v) is 5.65. The third-order valence-electron chi connectivity index (χ3n) is 2.31. The monoisotopic (exact) mass is 180 g/mol. The van der Waals surface area contributed by atoms with Gasteiger partial charge in [0.15, 0.2) is 0 Å². The van der Waals surface area contributed by atoms with E-state index >= 15 is 0 Å². The second-order valence-electron chi connectivity index (χ2n) is 3.62. The van der Waals surface area contributed by atoms with E-state index in [9.17, 15) is 0 Å². The number of allylic oxidation sites excluding steroid dienone is 3. The smallest absolute Gasteiger partial charge is 0.0317 e. The van der Waals surface area contributed by atoms with Gasteiger partial charge in [0.05, 0.1) is 0 Å². The molecule has 0 radical (unpaired) electrons. The Balaban J connectivity index is 3.67. The van der Waals surface area contributed by atoms with Gasteiger partial charge in [-0.3, -0.25) is 0 Å². The van der Waals surface area contributed by atoms with Gasteiger partial charge in [-0.1, -0.05) is 57.4 Å². The van der Waals surface area contributed by atoms with Crippen LogP contribution in [0.25, 0.3) is 0 Å². The normalized spacial score (nSPS) is 11.7. The average molecular weight is 180 g/mol. The third kappa shape index (κ3) is 7.83. The lowest BCUT2D eigenvalue weighted by Crippen LogP contribution is -1.85. The van der Waals surface area contributed by atoms with Crippen molar-refractivity contribution in [1.29, 1.82) is 0 Å². The van der Waals surface area contributed by atoms with Gasteiger partial charge in [0, 0.05) is 0 Å². The third-order valence-corrected chi connectivity index (χ3v) is 2.31. The van der Waals surface area contributed by atoms with Crippen LogP contribution in [0.15, 0.2) is 24.3 Å². The highest BCUT2D eigenvalue weighted by molar-refractivity contribution is 5.10. The maximum atomic E-state index is 3.76.